The molecule has 1 aromatic heterocycles. The maximum absolute atomic E-state index is 12.8. The zero-order valence-corrected chi connectivity index (χ0v) is 15.9. The highest BCUT2D eigenvalue weighted by atomic mass is 16.3. The number of aliphatic hydroxyl groups is 1. The summed E-state index contributed by atoms with van der Waals surface area (Å²) < 4.78 is 0. The third-order valence-corrected chi connectivity index (χ3v) is 4.68. The quantitative estimate of drug-likeness (QED) is 0.452. The Morgan fingerprint density at radius 3 is 2.54 bits per heavy atom. The molecule has 0 aliphatic carbocycles. The van der Waals surface area contributed by atoms with Crippen LogP contribution in [-0.4, -0.2) is 63.9 Å². The van der Waals surface area contributed by atoms with Gasteiger partial charge in [0.1, 0.15) is 11.5 Å². The van der Waals surface area contributed by atoms with Gasteiger partial charge in [-0.3, -0.25) is 14.6 Å². The molecule has 7 nitrogen and oxygen atoms in total. The summed E-state index contributed by atoms with van der Waals surface area (Å²) in [5, 5.41) is 20.7. The van der Waals surface area contributed by atoms with Crippen molar-refractivity contribution in [3.05, 3.63) is 65.5 Å². The van der Waals surface area contributed by atoms with Crippen LogP contribution < -0.4 is 0 Å². The molecule has 2 N–H and O–H groups in total. The molecule has 28 heavy (non-hydrogen) atoms. The minimum atomic E-state index is -0.762. The topological polar surface area (TPSA) is 94.0 Å². The van der Waals surface area contributed by atoms with Crippen molar-refractivity contribution in [1.82, 2.24) is 14.8 Å². The van der Waals surface area contributed by atoms with Gasteiger partial charge in [0.15, 0.2) is 0 Å². The van der Waals surface area contributed by atoms with E-state index in [1.807, 2.05) is 19.0 Å². The molecular formula is C21H23N3O4. The number of nitrogens with zero attached hydrogens (tertiary/aromatic N) is 3. The molecule has 1 atom stereocenters. The van der Waals surface area contributed by atoms with E-state index in [1.54, 1.807) is 24.3 Å². The maximum Gasteiger partial charge on any atom is 0.295 e. The minimum absolute atomic E-state index is 0.0200. The molecule has 1 unspecified atom stereocenters. The Morgan fingerprint density at radius 2 is 1.89 bits per heavy atom. The molecular weight excluding hydrogens is 358 g/mol. The summed E-state index contributed by atoms with van der Waals surface area (Å²) in [5.41, 5.74) is 0.998. The van der Waals surface area contributed by atoms with Gasteiger partial charge < -0.3 is 20.0 Å². The average Bonchev–Trinajstić information content (AvgIpc) is 2.93. The Labute approximate surface area is 163 Å². The van der Waals surface area contributed by atoms with Crippen molar-refractivity contribution >= 4 is 17.4 Å². The van der Waals surface area contributed by atoms with E-state index in [4.69, 9.17) is 0 Å². The van der Waals surface area contributed by atoms with Crippen molar-refractivity contribution in [3.8, 4) is 5.75 Å². The number of rotatable bonds is 6. The molecule has 146 valence electrons. The van der Waals surface area contributed by atoms with Crippen molar-refractivity contribution in [2.45, 2.75) is 12.5 Å². The highest BCUT2D eigenvalue weighted by Crippen LogP contribution is 2.40. The summed E-state index contributed by atoms with van der Waals surface area (Å²) in [6.45, 7) is 1.11. The zero-order valence-electron chi connectivity index (χ0n) is 15.9. The minimum Gasteiger partial charge on any atom is -0.508 e. The number of Topliss-reactive ketones (excluding diaryl/α,β-unsaturated/α-hetero) is 1. The van der Waals surface area contributed by atoms with E-state index in [-0.39, 0.29) is 17.1 Å². The van der Waals surface area contributed by atoms with Crippen molar-refractivity contribution in [2.75, 3.05) is 27.2 Å². The van der Waals surface area contributed by atoms with Crippen LogP contribution in [0.5, 0.6) is 5.75 Å². The third kappa shape index (κ3) is 3.89. The van der Waals surface area contributed by atoms with E-state index in [2.05, 4.69) is 4.98 Å². The van der Waals surface area contributed by atoms with Gasteiger partial charge in [0.2, 0.25) is 0 Å². The molecule has 0 bridgehead atoms. The Morgan fingerprint density at radius 1 is 1.18 bits per heavy atom. The number of aromatic nitrogens is 1. The van der Waals surface area contributed by atoms with Crippen LogP contribution in [0.2, 0.25) is 0 Å². The summed E-state index contributed by atoms with van der Waals surface area (Å²) in [7, 11) is 3.87. The monoisotopic (exact) mass is 381 g/mol. The van der Waals surface area contributed by atoms with E-state index in [9.17, 15) is 19.8 Å². The molecule has 7 heteroatoms. The lowest BCUT2D eigenvalue weighted by Gasteiger charge is -2.26. The fourth-order valence-electron chi connectivity index (χ4n) is 3.37. The average molecular weight is 381 g/mol. The van der Waals surface area contributed by atoms with Gasteiger partial charge in [-0.15, -0.1) is 0 Å². The van der Waals surface area contributed by atoms with E-state index < -0.39 is 17.7 Å². The van der Waals surface area contributed by atoms with Crippen LogP contribution in [-0.2, 0) is 9.59 Å². The molecule has 0 spiro atoms. The molecule has 1 aliphatic rings. The van der Waals surface area contributed by atoms with Gasteiger partial charge in [0.05, 0.1) is 11.6 Å². The summed E-state index contributed by atoms with van der Waals surface area (Å²) in [6.07, 6.45) is 3.68. The van der Waals surface area contributed by atoms with E-state index in [1.165, 1.54) is 29.4 Å². The number of benzene rings is 1. The number of amides is 1. The molecule has 0 radical (unpaired) electrons. The molecule has 1 aliphatic heterocycles. The molecule has 2 aromatic rings. The summed E-state index contributed by atoms with van der Waals surface area (Å²) in [5.74, 6) is -1.60. The maximum atomic E-state index is 12.8. The first-order valence-corrected chi connectivity index (χ1v) is 9.02. The first kappa shape index (κ1) is 19.6. The number of pyridine rings is 1. The van der Waals surface area contributed by atoms with E-state index >= 15 is 0 Å². The number of carbonyl (C=O) groups is 2. The number of phenolic OH excluding ortho intramolecular Hbond substituents is 1. The number of hydrogen-bond donors (Lipinski definition) is 2. The second kappa shape index (κ2) is 8.22. The predicted molar refractivity (Wildman–Crippen MR) is 105 cm³/mol. The summed E-state index contributed by atoms with van der Waals surface area (Å²) in [6, 6.07) is 8.80. The Bertz CT molecular complexity index is 909. The normalized spacial score (nSPS) is 18.8. The van der Waals surface area contributed by atoms with Crippen molar-refractivity contribution < 1.29 is 19.8 Å². The predicted octanol–water partition coefficient (Wildman–Crippen LogP) is 2.16. The lowest BCUT2D eigenvalue weighted by Crippen LogP contribution is -2.32. The van der Waals surface area contributed by atoms with Crippen LogP contribution in [0.1, 0.15) is 23.6 Å². The second-order valence-corrected chi connectivity index (χ2v) is 6.98. The van der Waals surface area contributed by atoms with Crippen LogP contribution in [0.3, 0.4) is 0 Å². The number of likely N-dealkylation sites (tertiary alicyclic amines) is 1. The number of aliphatic hydroxyl groups excluding tert-OH is 1. The van der Waals surface area contributed by atoms with Crippen LogP contribution in [0.25, 0.3) is 5.76 Å². The fraction of sp³-hybridized carbons (Fsp3) is 0.286. The SMILES string of the molecule is CN(C)CCCN1C(=O)C(=O)/C(=C(/O)c2ccncc2)C1c1cccc(O)c1. The van der Waals surface area contributed by atoms with Crippen LogP contribution >= 0.6 is 0 Å². The van der Waals surface area contributed by atoms with Crippen molar-refractivity contribution in [3.63, 3.8) is 0 Å². The third-order valence-electron chi connectivity index (χ3n) is 4.68. The van der Waals surface area contributed by atoms with Crippen LogP contribution in [0.4, 0.5) is 0 Å². The Hall–Kier alpha value is -3.19. The largest absolute Gasteiger partial charge is 0.508 e. The van der Waals surface area contributed by atoms with E-state index in [0.29, 0.717) is 24.1 Å². The van der Waals surface area contributed by atoms with Crippen molar-refractivity contribution in [1.29, 1.82) is 0 Å². The molecule has 1 saturated heterocycles. The standard InChI is InChI=1S/C21H23N3O4/c1-23(2)11-4-12-24-18(15-5-3-6-16(25)13-15)17(20(27)21(24)28)19(26)14-7-9-22-10-8-14/h3,5-10,13,18,25-26H,4,11-12H2,1-2H3/b19-17+. The Kier molecular flexibility index (Phi) is 5.75. The molecule has 1 amide bonds. The smallest absolute Gasteiger partial charge is 0.295 e. The van der Waals surface area contributed by atoms with Gasteiger partial charge in [-0.25, -0.2) is 0 Å². The van der Waals surface area contributed by atoms with Crippen molar-refractivity contribution in [2.24, 2.45) is 0 Å². The zero-order chi connectivity index (χ0) is 20.3. The molecule has 3 rings (SSSR count). The number of ketones is 1. The second-order valence-electron chi connectivity index (χ2n) is 6.98. The van der Waals surface area contributed by atoms with Gasteiger partial charge in [0.25, 0.3) is 11.7 Å². The van der Waals surface area contributed by atoms with Crippen LogP contribution in [0, 0.1) is 0 Å². The number of aromatic hydroxyl groups is 1. The molecule has 1 aromatic carbocycles. The highest BCUT2D eigenvalue weighted by Gasteiger charge is 2.45. The van der Waals surface area contributed by atoms with Gasteiger partial charge in [-0.2, -0.15) is 0 Å². The Balaban J connectivity index is 2.08. The number of phenols is 1. The summed E-state index contributed by atoms with van der Waals surface area (Å²) >= 11 is 0. The first-order valence-electron chi connectivity index (χ1n) is 9.02. The fourth-order valence-corrected chi connectivity index (χ4v) is 3.37. The highest BCUT2D eigenvalue weighted by molar-refractivity contribution is 6.46. The molecule has 2 heterocycles. The lowest BCUT2D eigenvalue weighted by molar-refractivity contribution is -0.139. The van der Waals surface area contributed by atoms with Gasteiger partial charge in [0, 0.05) is 24.5 Å². The molecule has 0 saturated carbocycles. The lowest BCUT2D eigenvalue weighted by atomic mass is 9.95. The van der Waals surface area contributed by atoms with Gasteiger partial charge in [-0.05, 0) is 56.9 Å². The van der Waals surface area contributed by atoms with E-state index in [0.717, 1.165) is 6.54 Å². The first-order chi connectivity index (χ1) is 13.4. The van der Waals surface area contributed by atoms with Gasteiger partial charge >= 0.3 is 0 Å². The summed E-state index contributed by atoms with van der Waals surface area (Å²) in [4.78, 5) is 32.9. The van der Waals surface area contributed by atoms with Gasteiger partial charge in [-0.1, -0.05) is 12.1 Å². The molecule has 1 fully saturated rings. The van der Waals surface area contributed by atoms with Crippen LogP contribution in [0.15, 0.2) is 54.4 Å². The number of carbonyl (C=O) groups excluding carboxylic acids is 2. The number of hydrogen-bond acceptors (Lipinski definition) is 6.